The quantitative estimate of drug-likeness (QED) is 0.707. The predicted molar refractivity (Wildman–Crippen MR) is 55.8 cm³/mol. The maximum Gasteiger partial charge on any atom is 0.307 e. The van der Waals surface area contributed by atoms with Crippen LogP contribution in [0.25, 0.3) is 0 Å². The Balaban J connectivity index is 2.66. The van der Waals surface area contributed by atoms with Gasteiger partial charge in [0.2, 0.25) is 6.10 Å². The van der Waals surface area contributed by atoms with Gasteiger partial charge in [-0.1, -0.05) is 37.3 Å². The summed E-state index contributed by atoms with van der Waals surface area (Å²) in [7, 11) is 0. The van der Waals surface area contributed by atoms with Crippen LogP contribution in [0.15, 0.2) is 30.3 Å². The van der Waals surface area contributed by atoms with Crippen LogP contribution < -0.4 is 0 Å². The molecule has 0 unspecified atom stereocenters. The van der Waals surface area contributed by atoms with Crippen LogP contribution >= 0.6 is 0 Å². The Morgan fingerprint density at radius 1 is 1.47 bits per heavy atom. The van der Waals surface area contributed by atoms with Crippen LogP contribution in [0.2, 0.25) is 0 Å². The van der Waals surface area contributed by atoms with Crippen molar-refractivity contribution in [3.8, 4) is 6.07 Å². The number of ether oxygens (including phenoxy) is 1. The van der Waals surface area contributed by atoms with Crippen molar-refractivity contribution in [2.75, 3.05) is 0 Å². The molecule has 0 aliphatic carbocycles. The summed E-state index contributed by atoms with van der Waals surface area (Å²) in [6, 6.07) is 11.0. The van der Waals surface area contributed by atoms with Gasteiger partial charge in [0.15, 0.2) is 0 Å². The van der Waals surface area contributed by atoms with Crippen molar-refractivity contribution in [2.24, 2.45) is 0 Å². The largest absolute Gasteiger partial charge is 0.442 e. The lowest BCUT2D eigenvalue weighted by Crippen LogP contribution is -2.09. The molecular formula is C12H13NO2. The van der Waals surface area contributed by atoms with E-state index in [2.05, 4.69) is 0 Å². The predicted octanol–water partition coefficient (Wildman–Crippen LogP) is 2.59. The normalized spacial score (nSPS) is 11.5. The molecule has 0 saturated carbocycles. The molecule has 0 N–H and O–H groups in total. The molecule has 0 spiro atoms. The Labute approximate surface area is 89.3 Å². The lowest BCUT2D eigenvalue weighted by atomic mass is 10.1. The van der Waals surface area contributed by atoms with E-state index in [1.54, 1.807) is 12.1 Å². The molecular weight excluding hydrogens is 190 g/mol. The molecule has 0 aromatic heterocycles. The molecule has 1 atom stereocenters. The van der Waals surface area contributed by atoms with Gasteiger partial charge in [-0.2, -0.15) is 5.26 Å². The summed E-state index contributed by atoms with van der Waals surface area (Å²) in [5, 5.41) is 8.87. The highest BCUT2D eigenvalue weighted by atomic mass is 16.5. The minimum Gasteiger partial charge on any atom is -0.442 e. The fraction of sp³-hybridized carbons (Fsp3) is 0.333. The number of benzene rings is 1. The maximum atomic E-state index is 11.2. The average Bonchev–Trinajstić information content (AvgIpc) is 2.27. The zero-order chi connectivity index (χ0) is 11.1. The Bertz CT molecular complexity index is 354. The van der Waals surface area contributed by atoms with E-state index in [-0.39, 0.29) is 5.97 Å². The molecule has 0 heterocycles. The Morgan fingerprint density at radius 2 is 2.13 bits per heavy atom. The Kier molecular flexibility index (Phi) is 4.36. The van der Waals surface area contributed by atoms with Gasteiger partial charge in [0.1, 0.15) is 6.07 Å². The van der Waals surface area contributed by atoms with Gasteiger partial charge in [0.05, 0.1) is 0 Å². The van der Waals surface area contributed by atoms with Crippen molar-refractivity contribution in [3.63, 3.8) is 0 Å². The third kappa shape index (κ3) is 3.43. The number of nitrogens with zero attached hydrogens (tertiary/aromatic N) is 1. The fourth-order valence-electron chi connectivity index (χ4n) is 1.19. The van der Waals surface area contributed by atoms with E-state index >= 15 is 0 Å². The third-order valence-corrected chi connectivity index (χ3v) is 1.92. The second-order valence-electron chi connectivity index (χ2n) is 3.16. The van der Waals surface area contributed by atoms with E-state index in [0.717, 1.165) is 6.42 Å². The van der Waals surface area contributed by atoms with Crippen molar-refractivity contribution in [1.29, 1.82) is 5.26 Å². The van der Waals surface area contributed by atoms with Crippen molar-refractivity contribution in [3.05, 3.63) is 35.9 Å². The van der Waals surface area contributed by atoms with Crippen LogP contribution in [0.5, 0.6) is 0 Å². The van der Waals surface area contributed by atoms with E-state index in [1.165, 1.54) is 0 Å². The highest BCUT2D eigenvalue weighted by Crippen LogP contribution is 2.16. The Morgan fingerprint density at radius 3 is 2.67 bits per heavy atom. The summed E-state index contributed by atoms with van der Waals surface area (Å²) in [5.41, 5.74) is 0.712. The summed E-state index contributed by atoms with van der Waals surface area (Å²) < 4.78 is 5.03. The molecule has 0 aliphatic rings. The summed E-state index contributed by atoms with van der Waals surface area (Å²) >= 11 is 0. The lowest BCUT2D eigenvalue weighted by molar-refractivity contribution is -0.146. The first kappa shape index (κ1) is 11.3. The summed E-state index contributed by atoms with van der Waals surface area (Å²) in [4.78, 5) is 11.2. The van der Waals surface area contributed by atoms with Crippen LogP contribution in [0.3, 0.4) is 0 Å². The number of hydrogen-bond acceptors (Lipinski definition) is 3. The first-order valence-corrected chi connectivity index (χ1v) is 4.92. The Hall–Kier alpha value is -1.82. The van der Waals surface area contributed by atoms with Crippen LogP contribution in [0.4, 0.5) is 0 Å². The fourth-order valence-corrected chi connectivity index (χ4v) is 1.19. The molecule has 15 heavy (non-hydrogen) atoms. The zero-order valence-corrected chi connectivity index (χ0v) is 8.64. The molecule has 0 saturated heterocycles. The average molecular weight is 203 g/mol. The van der Waals surface area contributed by atoms with Crippen LogP contribution in [-0.4, -0.2) is 5.97 Å². The van der Waals surface area contributed by atoms with Crippen molar-refractivity contribution in [2.45, 2.75) is 25.9 Å². The summed E-state index contributed by atoms with van der Waals surface area (Å²) in [5.74, 6) is -0.326. The first-order valence-electron chi connectivity index (χ1n) is 4.92. The molecule has 0 amide bonds. The second kappa shape index (κ2) is 5.82. The summed E-state index contributed by atoms with van der Waals surface area (Å²) in [6.45, 7) is 1.89. The van der Waals surface area contributed by atoms with Gasteiger partial charge in [-0.05, 0) is 6.42 Å². The molecule has 3 heteroatoms. The lowest BCUT2D eigenvalue weighted by Gasteiger charge is -2.10. The molecule has 0 fully saturated rings. The SMILES string of the molecule is CCCC(=O)O[C@H](C#N)c1ccccc1. The first-order chi connectivity index (χ1) is 7.27. The van der Waals surface area contributed by atoms with Crippen molar-refractivity contribution >= 4 is 5.97 Å². The molecule has 1 rings (SSSR count). The highest BCUT2D eigenvalue weighted by Gasteiger charge is 2.14. The van der Waals surface area contributed by atoms with E-state index in [4.69, 9.17) is 10.00 Å². The third-order valence-electron chi connectivity index (χ3n) is 1.92. The van der Waals surface area contributed by atoms with Crippen molar-refractivity contribution in [1.82, 2.24) is 0 Å². The highest BCUT2D eigenvalue weighted by molar-refractivity contribution is 5.69. The molecule has 1 aromatic carbocycles. The van der Waals surface area contributed by atoms with Gasteiger partial charge in [0, 0.05) is 12.0 Å². The van der Waals surface area contributed by atoms with Gasteiger partial charge in [0.25, 0.3) is 0 Å². The number of esters is 1. The summed E-state index contributed by atoms with van der Waals surface area (Å²) in [6.07, 6.45) is 0.293. The molecule has 3 nitrogen and oxygen atoms in total. The standard InChI is InChI=1S/C12H13NO2/c1-2-6-12(14)15-11(9-13)10-7-4-3-5-8-10/h3-5,7-8,11H,2,6H2,1H3/t11-/m1/s1. The molecule has 78 valence electrons. The minimum atomic E-state index is -0.787. The van der Waals surface area contributed by atoms with Crippen LogP contribution in [-0.2, 0) is 9.53 Å². The smallest absolute Gasteiger partial charge is 0.307 e. The maximum absolute atomic E-state index is 11.2. The van der Waals surface area contributed by atoms with Crippen LogP contribution in [0.1, 0.15) is 31.4 Å². The van der Waals surface area contributed by atoms with Crippen LogP contribution in [0, 0.1) is 11.3 Å². The molecule has 0 bridgehead atoms. The van der Waals surface area contributed by atoms with Gasteiger partial charge in [-0.3, -0.25) is 4.79 Å². The van der Waals surface area contributed by atoms with Gasteiger partial charge in [-0.15, -0.1) is 0 Å². The number of hydrogen-bond donors (Lipinski definition) is 0. The van der Waals surface area contributed by atoms with Gasteiger partial charge in [-0.25, -0.2) is 0 Å². The van der Waals surface area contributed by atoms with Gasteiger partial charge < -0.3 is 4.74 Å². The number of carbonyl (C=O) groups is 1. The monoisotopic (exact) mass is 203 g/mol. The second-order valence-corrected chi connectivity index (χ2v) is 3.16. The van der Waals surface area contributed by atoms with E-state index < -0.39 is 6.10 Å². The number of carbonyl (C=O) groups excluding carboxylic acids is 1. The molecule has 1 aromatic rings. The number of nitriles is 1. The van der Waals surface area contributed by atoms with Gasteiger partial charge >= 0.3 is 5.97 Å². The van der Waals surface area contributed by atoms with E-state index in [9.17, 15) is 4.79 Å². The van der Waals surface area contributed by atoms with E-state index in [1.807, 2.05) is 31.2 Å². The zero-order valence-electron chi connectivity index (χ0n) is 8.64. The minimum absolute atomic E-state index is 0.326. The molecule has 0 aliphatic heterocycles. The van der Waals surface area contributed by atoms with Crippen molar-refractivity contribution < 1.29 is 9.53 Å². The number of rotatable bonds is 4. The van der Waals surface area contributed by atoms with E-state index in [0.29, 0.717) is 12.0 Å². The topological polar surface area (TPSA) is 50.1 Å². The molecule has 0 radical (unpaired) electrons.